The van der Waals surface area contributed by atoms with Crippen molar-refractivity contribution in [1.82, 2.24) is 14.9 Å². The zero-order valence-corrected chi connectivity index (χ0v) is 13.3. The molecule has 0 amide bonds. The molecule has 1 fully saturated rings. The Labute approximate surface area is 126 Å². The lowest BCUT2D eigenvalue weighted by Gasteiger charge is -2.38. The van der Waals surface area contributed by atoms with Gasteiger partial charge >= 0.3 is 0 Å². The molecule has 1 aliphatic rings. The van der Waals surface area contributed by atoms with E-state index in [0.717, 1.165) is 37.6 Å². The summed E-state index contributed by atoms with van der Waals surface area (Å²) in [4.78, 5) is 13.4. The van der Waals surface area contributed by atoms with Crippen molar-refractivity contribution in [2.75, 3.05) is 43.0 Å². The van der Waals surface area contributed by atoms with Crippen molar-refractivity contribution in [3.8, 4) is 0 Å². The van der Waals surface area contributed by atoms with Crippen LogP contribution in [0.3, 0.4) is 0 Å². The molecule has 2 heterocycles. The Hall–Kier alpha value is -1.44. The molecule has 0 radical (unpaired) electrons. The second kappa shape index (κ2) is 6.13. The highest BCUT2D eigenvalue weighted by Crippen LogP contribution is 2.24. The Morgan fingerprint density at radius 1 is 1.19 bits per heavy atom. The number of aromatic nitrogens is 2. The number of anilines is 2. The van der Waals surface area contributed by atoms with Crippen LogP contribution >= 0.6 is 0 Å². The summed E-state index contributed by atoms with van der Waals surface area (Å²) in [5, 5.41) is 9.90. The second-order valence-electron chi connectivity index (χ2n) is 6.29. The van der Waals surface area contributed by atoms with E-state index in [0.29, 0.717) is 18.2 Å². The molecule has 2 rings (SSSR count). The number of hydrogen-bond donors (Lipinski definition) is 3. The summed E-state index contributed by atoms with van der Waals surface area (Å²) < 4.78 is 0. The average Bonchev–Trinajstić information content (AvgIpc) is 2.40. The van der Waals surface area contributed by atoms with Crippen LogP contribution in [0.5, 0.6) is 0 Å². The van der Waals surface area contributed by atoms with Gasteiger partial charge in [0.2, 0.25) is 0 Å². The van der Waals surface area contributed by atoms with E-state index in [-0.39, 0.29) is 0 Å². The molecule has 0 spiro atoms. The number of aliphatic hydroxyl groups is 1. The monoisotopic (exact) mass is 294 g/mol. The molecule has 0 saturated carbocycles. The van der Waals surface area contributed by atoms with Gasteiger partial charge in [-0.15, -0.1) is 0 Å². The number of hydrogen-bond acceptors (Lipinski definition) is 7. The van der Waals surface area contributed by atoms with E-state index >= 15 is 0 Å². The molecule has 1 aromatic rings. The molecule has 0 bridgehead atoms. The number of nitrogen functional groups attached to an aromatic ring is 1. The lowest BCUT2D eigenvalue weighted by atomic mass is 10.1. The van der Waals surface area contributed by atoms with Gasteiger partial charge in [0.15, 0.2) is 0 Å². The van der Waals surface area contributed by atoms with E-state index in [1.165, 1.54) is 0 Å². The van der Waals surface area contributed by atoms with Crippen molar-refractivity contribution in [3.63, 3.8) is 0 Å². The highest BCUT2D eigenvalue weighted by molar-refractivity contribution is 5.58. The summed E-state index contributed by atoms with van der Waals surface area (Å²) >= 11 is 0. The van der Waals surface area contributed by atoms with Crippen LogP contribution < -0.4 is 16.2 Å². The predicted molar refractivity (Wildman–Crippen MR) is 84.3 cm³/mol. The number of nitrogens with one attached hydrogen (secondary N) is 1. The maximum Gasteiger partial charge on any atom is 0.148 e. The largest absolute Gasteiger partial charge is 0.389 e. The quantitative estimate of drug-likeness (QED) is 0.542. The number of nitrogens with two attached hydrogens (primary N) is 1. The van der Waals surface area contributed by atoms with Crippen molar-refractivity contribution in [3.05, 3.63) is 11.4 Å². The van der Waals surface area contributed by atoms with Crippen LogP contribution in [-0.2, 0) is 0 Å². The van der Waals surface area contributed by atoms with Gasteiger partial charge < -0.3 is 15.4 Å². The van der Waals surface area contributed by atoms with E-state index in [2.05, 4.69) is 25.2 Å². The Balaban J connectivity index is 2.07. The standard InChI is InChI=1S/C14H26N6O/c1-10-12(18-15)16-11(2)17-13(10)20-7-5-19(6-8-20)9-14(3,4)21/h21H,5-9,15H2,1-4H3,(H,16,17,18). The van der Waals surface area contributed by atoms with E-state index in [4.69, 9.17) is 5.84 Å². The molecule has 0 aliphatic carbocycles. The first-order valence-electron chi connectivity index (χ1n) is 7.32. The summed E-state index contributed by atoms with van der Waals surface area (Å²) in [6.07, 6.45) is 0. The van der Waals surface area contributed by atoms with Crippen LogP contribution in [-0.4, -0.2) is 58.3 Å². The predicted octanol–water partition coefficient (Wildman–Crippen LogP) is 0.272. The minimum absolute atomic E-state index is 0.653. The smallest absolute Gasteiger partial charge is 0.148 e. The topological polar surface area (TPSA) is 90.5 Å². The fourth-order valence-corrected chi connectivity index (χ4v) is 2.73. The van der Waals surface area contributed by atoms with Gasteiger partial charge in [-0.2, -0.15) is 0 Å². The van der Waals surface area contributed by atoms with Crippen LogP contribution in [0.1, 0.15) is 25.2 Å². The highest BCUT2D eigenvalue weighted by atomic mass is 16.3. The van der Waals surface area contributed by atoms with Crippen molar-refractivity contribution in [2.45, 2.75) is 33.3 Å². The third-order valence-electron chi connectivity index (χ3n) is 3.65. The maximum atomic E-state index is 9.90. The Morgan fingerprint density at radius 3 is 2.33 bits per heavy atom. The molecule has 0 unspecified atom stereocenters. The van der Waals surface area contributed by atoms with Gasteiger partial charge in [0.1, 0.15) is 17.5 Å². The molecular formula is C14H26N6O. The van der Waals surface area contributed by atoms with Gasteiger partial charge in [-0.3, -0.25) is 4.90 Å². The molecule has 21 heavy (non-hydrogen) atoms. The van der Waals surface area contributed by atoms with Gasteiger partial charge in [0.05, 0.1) is 5.60 Å². The maximum absolute atomic E-state index is 9.90. The van der Waals surface area contributed by atoms with Crippen LogP contribution in [0, 0.1) is 13.8 Å². The lowest BCUT2D eigenvalue weighted by Crippen LogP contribution is -2.51. The van der Waals surface area contributed by atoms with E-state index in [1.54, 1.807) is 0 Å². The number of aryl methyl sites for hydroxylation is 1. The Bertz CT molecular complexity index is 491. The zero-order chi connectivity index (χ0) is 15.6. The molecule has 0 atom stereocenters. The van der Waals surface area contributed by atoms with Crippen LogP contribution in [0.2, 0.25) is 0 Å². The van der Waals surface area contributed by atoms with E-state index < -0.39 is 5.60 Å². The first kappa shape index (κ1) is 15.9. The van der Waals surface area contributed by atoms with Gasteiger partial charge in [-0.05, 0) is 27.7 Å². The first-order valence-corrected chi connectivity index (χ1v) is 7.32. The van der Waals surface area contributed by atoms with Crippen LogP contribution in [0.4, 0.5) is 11.6 Å². The molecule has 0 aromatic carbocycles. The third-order valence-corrected chi connectivity index (χ3v) is 3.65. The van der Waals surface area contributed by atoms with Crippen molar-refractivity contribution in [1.29, 1.82) is 0 Å². The van der Waals surface area contributed by atoms with E-state index in [9.17, 15) is 5.11 Å². The van der Waals surface area contributed by atoms with Crippen molar-refractivity contribution in [2.24, 2.45) is 5.84 Å². The third kappa shape index (κ3) is 4.03. The minimum Gasteiger partial charge on any atom is -0.389 e. The fourth-order valence-electron chi connectivity index (χ4n) is 2.73. The number of piperazine rings is 1. The average molecular weight is 294 g/mol. The van der Waals surface area contributed by atoms with Crippen molar-refractivity contribution >= 4 is 11.6 Å². The fraction of sp³-hybridized carbons (Fsp3) is 0.714. The highest BCUT2D eigenvalue weighted by Gasteiger charge is 2.24. The summed E-state index contributed by atoms with van der Waals surface area (Å²) in [5.74, 6) is 7.85. The molecule has 1 saturated heterocycles. The Morgan fingerprint density at radius 2 is 1.81 bits per heavy atom. The molecule has 4 N–H and O–H groups in total. The SMILES string of the molecule is Cc1nc(NN)c(C)c(N2CCN(CC(C)(C)O)CC2)n1. The summed E-state index contributed by atoms with van der Waals surface area (Å²) in [6.45, 7) is 11.8. The van der Waals surface area contributed by atoms with E-state index in [1.807, 2.05) is 27.7 Å². The lowest BCUT2D eigenvalue weighted by molar-refractivity contribution is 0.0344. The number of β-amino-alcohol motifs (C(OH)–C–C–N with tert-alkyl or cyclic N) is 1. The molecule has 1 aliphatic heterocycles. The number of nitrogens with zero attached hydrogens (tertiary/aromatic N) is 4. The normalized spacial score (nSPS) is 17.1. The Kier molecular flexibility index (Phi) is 4.65. The number of hydrazine groups is 1. The summed E-state index contributed by atoms with van der Waals surface area (Å²) in [7, 11) is 0. The summed E-state index contributed by atoms with van der Waals surface area (Å²) in [5.41, 5.74) is 2.95. The summed E-state index contributed by atoms with van der Waals surface area (Å²) in [6, 6.07) is 0. The van der Waals surface area contributed by atoms with Crippen LogP contribution in [0.25, 0.3) is 0 Å². The van der Waals surface area contributed by atoms with Crippen LogP contribution in [0.15, 0.2) is 0 Å². The van der Waals surface area contributed by atoms with Crippen molar-refractivity contribution < 1.29 is 5.11 Å². The molecule has 118 valence electrons. The van der Waals surface area contributed by atoms with Gasteiger partial charge in [-0.25, -0.2) is 15.8 Å². The first-order chi connectivity index (χ1) is 9.80. The zero-order valence-electron chi connectivity index (χ0n) is 13.3. The number of rotatable bonds is 4. The van der Waals surface area contributed by atoms with Gasteiger partial charge in [0.25, 0.3) is 0 Å². The molecular weight excluding hydrogens is 268 g/mol. The van der Waals surface area contributed by atoms with Gasteiger partial charge in [0, 0.05) is 38.3 Å². The molecule has 1 aromatic heterocycles. The van der Waals surface area contributed by atoms with Gasteiger partial charge in [-0.1, -0.05) is 0 Å². The molecule has 7 heteroatoms. The second-order valence-corrected chi connectivity index (χ2v) is 6.29. The molecule has 7 nitrogen and oxygen atoms in total. The minimum atomic E-state index is -0.653.